The van der Waals surface area contributed by atoms with Gasteiger partial charge in [0.05, 0.1) is 17.6 Å². The van der Waals surface area contributed by atoms with Gasteiger partial charge in [-0.15, -0.1) is 0 Å². The third kappa shape index (κ3) is 3.03. The number of para-hydroxylation sites is 2. The number of rotatable bonds is 3. The van der Waals surface area contributed by atoms with Crippen molar-refractivity contribution in [2.24, 2.45) is 5.73 Å². The van der Waals surface area contributed by atoms with Gasteiger partial charge in [0, 0.05) is 0 Å². The molecular formula is C16H13FN4O2. The average Bonchev–Trinajstić information content (AvgIpc) is 2.53. The molecule has 3 rings (SSSR count). The van der Waals surface area contributed by atoms with Crippen LogP contribution in [0.1, 0.15) is 5.56 Å². The first-order chi connectivity index (χ1) is 11.0. The summed E-state index contributed by atoms with van der Waals surface area (Å²) in [7, 11) is 0. The molecule has 23 heavy (non-hydrogen) atoms. The molecule has 3 aromatic rings. The molecule has 0 unspecified atom stereocenters. The summed E-state index contributed by atoms with van der Waals surface area (Å²) in [4.78, 5) is 27.7. The Bertz CT molecular complexity index is 935. The van der Waals surface area contributed by atoms with Gasteiger partial charge in [0.15, 0.2) is 0 Å². The van der Waals surface area contributed by atoms with E-state index in [1.165, 1.54) is 16.7 Å². The maximum absolute atomic E-state index is 13.0. The van der Waals surface area contributed by atoms with E-state index in [0.717, 1.165) is 5.56 Å². The smallest absolute Gasteiger partial charge is 0.317 e. The standard InChI is InChI=1S/C16H13FN4O2/c17-11-7-5-10(6-8-11)9-21-13-4-2-1-3-12(13)19-14(15(21)22)20-16(18)23/h1-8H,9H2,(H3,18,19,20,23). The highest BCUT2D eigenvalue weighted by Crippen LogP contribution is 2.14. The van der Waals surface area contributed by atoms with E-state index in [4.69, 9.17) is 5.73 Å². The number of benzene rings is 2. The van der Waals surface area contributed by atoms with Crippen molar-refractivity contribution in [3.8, 4) is 0 Å². The van der Waals surface area contributed by atoms with Gasteiger partial charge in [-0.3, -0.25) is 14.7 Å². The minimum Gasteiger partial charge on any atom is -0.351 e. The molecule has 0 aliphatic heterocycles. The summed E-state index contributed by atoms with van der Waals surface area (Å²) in [6.07, 6.45) is 0. The lowest BCUT2D eigenvalue weighted by Crippen LogP contribution is -2.30. The zero-order valence-electron chi connectivity index (χ0n) is 12.0. The number of amides is 2. The Hall–Kier alpha value is -3.22. The number of anilines is 1. The van der Waals surface area contributed by atoms with Crippen molar-refractivity contribution in [3.63, 3.8) is 0 Å². The van der Waals surface area contributed by atoms with Crippen LogP contribution in [0.3, 0.4) is 0 Å². The number of primary amides is 1. The van der Waals surface area contributed by atoms with Gasteiger partial charge in [0.2, 0.25) is 5.82 Å². The molecule has 0 spiro atoms. The molecule has 0 fully saturated rings. The van der Waals surface area contributed by atoms with Crippen molar-refractivity contribution in [2.75, 3.05) is 5.32 Å². The van der Waals surface area contributed by atoms with Gasteiger partial charge in [-0.25, -0.2) is 14.2 Å². The molecule has 6 nitrogen and oxygen atoms in total. The number of halogens is 1. The molecule has 116 valence electrons. The van der Waals surface area contributed by atoms with Gasteiger partial charge in [-0.2, -0.15) is 0 Å². The fourth-order valence-corrected chi connectivity index (χ4v) is 2.32. The van der Waals surface area contributed by atoms with Crippen LogP contribution in [0, 0.1) is 5.82 Å². The Morgan fingerprint density at radius 1 is 1.17 bits per heavy atom. The van der Waals surface area contributed by atoms with E-state index in [-0.39, 0.29) is 18.2 Å². The molecular weight excluding hydrogens is 299 g/mol. The molecule has 1 heterocycles. The number of hydrogen-bond acceptors (Lipinski definition) is 3. The Balaban J connectivity index is 2.16. The number of nitrogens with two attached hydrogens (primary N) is 1. The van der Waals surface area contributed by atoms with E-state index in [1.54, 1.807) is 36.4 Å². The number of nitrogens with one attached hydrogen (secondary N) is 1. The molecule has 0 bridgehead atoms. The molecule has 2 aromatic carbocycles. The summed E-state index contributed by atoms with van der Waals surface area (Å²) >= 11 is 0. The lowest BCUT2D eigenvalue weighted by molar-refractivity contribution is 0.259. The minimum absolute atomic E-state index is 0.140. The summed E-state index contributed by atoms with van der Waals surface area (Å²) < 4.78 is 14.5. The second-order valence-corrected chi connectivity index (χ2v) is 4.96. The second-order valence-electron chi connectivity index (χ2n) is 4.96. The molecule has 0 aliphatic rings. The topological polar surface area (TPSA) is 90.0 Å². The normalized spacial score (nSPS) is 10.7. The van der Waals surface area contributed by atoms with Gasteiger partial charge in [0.25, 0.3) is 5.56 Å². The highest BCUT2D eigenvalue weighted by Gasteiger charge is 2.12. The fraction of sp³-hybridized carbons (Fsp3) is 0.0625. The summed E-state index contributed by atoms with van der Waals surface area (Å²) in [6.45, 7) is 0.218. The first-order valence-electron chi connectivity index (χ1n) is 6.85. The van der Waals surface area contributed by atoms with Crippen LogP contribution >= 0.6 is 0 Å². The molecule has 0 saturated heterocycles. The Morgan fingerprint density at radius 3 is 2.57 bits per heavy atom. The molecule has 0 saturated carbocycles. The van der Waals surface area contributed by atoms with Crippen LogP contribution in [0.15, 0.2) is 53.3 Å². The van der Waals surface area contributed by atoms with Crippen LogP contribution in [-0.2, 0) is 6.54 Å². The molecule has 2 amide bonds. The molecule has 0 atom stereocenters. The lowest BCUT2D eigenvalue weighted by atomic mass is 10.2. The predicted octanol–water partition coefficient (Wildman–Crippen LogP) is 2.07. The van der Waals surface area contributed by atoms with E-state index in [0.29, 0.717) is 11.0 Å². The number of aromatic nitrogens is 2. The van der Waals surface area contributed by atoms with E-state index in [9.17, 15) is 14.0 Å². The van der Waals surface area contributed by atoms with Crippen molar-refractivity contribution in [1.82, 2.24) is 9.55 Å². The van der Waals surface area contributed by atoms with Crippen molar-refractivity contribution in [3.05, 3.63) is 70.3 Å². The molecule has 7 heteroatoms. The first kappa shape index (κ1) is 14.7. The van der Waals surface area contributed by atoms with E-state index < -0.39 is 11.6 Å². The number of carbonyl (C=O) groups excluding carboxylic acids is 1. The predicted molar refractivity (Wildman–Crippen MR) is 84.7 cm³/mol. The van der Waals surface area contributed by atoms with Gasteiger partial charge in [-0.05, 0) is 29.8 Å². The van der Waals surface area contributed by atoms with Crippen molar-refractivity contribution in [1.29, 1.82) is 0 Å². The number of carbonyl (C=O) groups is 1. The monoisotopic (exact) mass is 312 g/mol. The van der Waals surface area contributed by atoms with Crippen molar-refractivity contribution < 1.29 is 9.18 Å². The Kier molecular flexibility index (Phi) is 3.76. The van der Waals surface area contributed by atoms with Crippen LogP contribution in [0.5, 0.6) is 0 Å². The van der Waals surface area contributed by atoms with Crippen LogP contribution in [-0.4, -0.2) is 15.6 Å². The third-order valence-corrected chi connectivity index (χ3v) is 3.35. The van der Waals surface area contributed by atoms with E-state index >= 15 is 0 Å². The number of fused-ring (bicyclic) bond motifs is 1. The van der Waals surface area contributed by atoms with E-state index in [2.05, 4.69) is 10.3 Å². The maximum atomic E-state index is 13.0. The molecule has 0 radical (unpaired) electrons. The van der Waals surface area contributed by atoms with Crippen molar-refractivity contribution in [2.45, 2.75) is 6.54 Å². The Labute approximate surface area is 130 Å². The zero-order valence-corrected chi connectivity index (χ0v) is 12.0. The zero-order chi connectivity index (χ0) is 16.4. The van der Waals surface area contributed by atoms with Gasteiger partial charge >= 0.3 is 6.03 Å². The molecule has 3 N–H and O–H groups in total. The maximum Gasteiger partial charge on any atom is 0.317 e. The molecule has 1 aromatic heterocycles. The number of nitrogens with zero attached hydrogens (tertiary/aromatic N) is 2. The van der Waals surface area contributed by atoms with Gasteiger partial charge in [0.1, 0.15) is 5.82 Å². The lowest BCUT2D eigenvalue weighted by Gasteiger charge is -2.12. The largest absolute Gasteiger partial charge is 0.351 e. The highest BCUT2D eigenvalue weighted by atomic mass is 19.1. The minimum atomic E-state index is -0.863. The van der Waals surface area contributed by atoms with Crippen LogP contribution < -0.4 is 16.6 Å². The summed E-state index contributed by atoms with van der Waals surface area (Å²) in [5.74, 6) is -0.491. The summed E-state index contributed by atoms with van der Waals surface area (Å²) in [5.41, 5.74) is 6.49. The summed E-state index contributed by atoms with van der Waals surface area (Å²) in [6, 6.07) is 12.0. The average molecular weight is 312 g/mol. The molecule has 0 aliphatic carbocycles. The van der Waals surface area contributed by atoms with Gasteiger partial charge < -0.3 is 5.73 Å². The Morgan fingerprint density at radius 2 is 1.87 bits per heavy atom. The summed E-state index contributed by atoms with van der Waals surface area (Å²) in [5, 5.41) is 2.23. The quantitative estimate of drug-likeness (QED) is 0.776. The van der Waals surface area contributed by atoms with Crippen LogP contribution in [0.25, 0.3) is 11.0 Å². The van der Waals surface area contributed by atoms with Gasteiger partial charge in [-0.1, -0.05) is 24.3 Å². The highest BCUT2D eigenvalue weighted by molar-refractivity contribution is 5.88. The second kappa shape index (κ2) is 5.88. The number of hydrogen-bond donors (Lipinski definition) is 2. The fourth-order valence-electron chi connectivity index (χ4n) is 2.32. The number of urea groups is 1. The van der Waals surface area contributed by atoms with Crippen LogP contribution in [0.4, 0.5) is 15.0 Å². The SMILES string of the molecule is NC(=O)Nc1nc2ccccc2n(Cc2ccc(F)cc2)c1=O. The van der Waals surface area contributed by atoms with E-state index in [1.807, 2.05) is 0 Å². The van der Waals surface area contributed by atoms with Crippen molar-refractivity contribution >= 4 is 22.9 Å². The van der Waals surface area contributed by atoms with Crippen LogP contribution in [0.2, 0.25) is 0 Å². The third-order valence-electron chi connectivity index (χ3n) is 3.35. The first-order valence-corrected chi connectivity index (χ1v) is 6.85.